The van der Waals surface area contributed by atoms with E-state index in [0.717, 1.165) is 41.2 Å². The first kappa shape index (κ1) is 22.9. The van der Waals surface area contributed by atoms with Crippen molar-refractivity contribution in [2.45, 2.75) is 89.9 Å². The molecular formula is C27H38NO5+. The number of quaternary nitrogens is 1. The van der Waals surface area contributed by atoms with Gasteiger partial charge in [0.2, 0.25) is 0 Å². The normalized spacial score (nSPS) is 37.2. The molecule has 3 fully saturated rings. The van der Waals surface area contributed by atoms with Crippen LogP contribution in [-0.4, -0.2) is 58.7 Å². The van der Waals surface area contributed by atoms with Gasteiger partial charge in [0.1, 0.15) is 11.6 Å². The molecule has 0 aromatic heterocycles. The summed E-state index contributed by atoms with van der Waals surface area (Å²) in [6.07, 6.45) is 3.30. The van der Waals surface area contributed by atoms with Gasteiger partial charge in [-0.05, 0) is 51.7 Å². The Morgan fingerprint density at radius 2 is 2.03 bits per heavy atom. The Balaban J connectivity index is 1.65. The number of carbonyl (C=O) groups excluding carboxylic acids is 2. The highest BCUT2D eigenvalue weighted by atomic mass is 16.6. The van der Waals surface area contributed by atoms with E-state index in [9.17, 15) is 14.7 Å². The first-order valence-corrected chi connectivity index (χ1v) is 12.7. The highest BCUT2D eigenvalue weighted by molar-refractivity contribution is 5.90. The fourth-order valence-corrected chi connectivity index (χ4v) is 7.17. The van der Waals surface area contributed by atoms with Crippen molar-refractivity contribution in [1.82, 2.24) is 0 Å². The van der Waals surface area contributed by atoms with Gasteiger partial charge in [-0.25, -0.2) is 0 Å². The Kier molecular flexibility index (Phi) is 5.22. The summed E-state index contributed by atoms with van der Waals surface area (Å²) in [5.74, 6) is 1.03. The monoisotopic (exact) mass is 456 g/mol. The Bertz CT molecular complexity index is 1000. The highest BCUT2D eigenvalue weighted by Crippen LogP contribution is 2.63. The van der Waals surface area contributed by atoms with Crippen LogP contribution in [0.2, 0.25) is 0 Å². The minimum atomic E-state index is -1.06. The number of esters is 1. The van der Waals surface area contributed by atoms with Crippen LogP contribution in [0, 0.1) is 18.8 Å². The number of benzene rings is 1. The Labute approximate surface area is 196 Å². The average molecular weight is 457 g/mol. The summed E-state index contributed by atoms with van der Waals surface area (Å²) in [6, 6.07) is 3.69. The molecule has 6 heteroatoms. The Morgan fingerprint density at radius 3 is 2.67 bits per heavy atom. The first-order chi connectivity index (χ1) is 15.6. The van der Waals surface area contributed by atoms with Crippen molar-refractivity contribution in [2.75, 3.05) is 19.6 Å². The molecule has 4 aliphatic rings. The van der Waals surface area contributed by atoms with Crippen LogP contribution < -0.4 is 9.47 Å². The van der Waals surface area contributed by atoms with Gasteiger partial charge in [0, 0.05) is 24.3 Å². The maximum atomic E-state index is 13.3. The number of aliphatic hydroxyl groups is 1. The minimum absolute atomic E-state index is 0.0109. The number of likely N-dealkylation sites (N-methyl/N-ethyl adjacent to an activating group) is 1. The number of nitrogens with zero attached hydrogens (tertiary/aromatic N) is 1. The van der Waals surface area contributed by atoms with Gasteiger partial charge in [-0.1, -0.05) is 19.9 Å². The maximum Gasteiger partial charge on any atom is 0.313 e. The van der Waals surface area contributed by atoms with Crippen LogP contribution in [0.1, 0.15) is 70.9 Å². The van der Waals surface area contributed by atoms with E-state index in [4.69, 9.17) is 9.47 Å². The molecule has 0 radical (unpaired) electrons. The van der Waals surface area contributed by atoms with Crippen molar-refractivity contribution >= 4 is 11.8 Å². The van der Waals surface area contributed by atoms with Crippen LogP contribution in [0.25, 0.3) is 0 Å². The van der Waals surface area contributed by atoms with Gasteiger partial charge in [-0.3, -0.25) is 9.59 Å². The summed E-state index contributed by atoms with van der Waals surface area (Å²) in [5.41, 5.74) is -0.00651. The quantitative estimate of drug-likeness (QED) is 0.416. The lowest BCUT2D eigenvalue weighted by atomic mass is 9.52. The lowest BCUT2D eigenvalue weighted by molar-refractivity contribution is -0.963. The van der Waals surface area contributed by atoms with Crippen LogP contribution in [0.15, 0.2) is 12.1 Å². The van der Waals surface area contributed by atoms with Gasteiger partial charge in [0.15, 0.2) is 23.4 Å². The third-order valence-corrected chi connectivity index (χ3v) is 9.37. The first-order valence-electron chi connectivity index (χ1n) is 12.7. The van der Waals surface area contributed by atoms with Gasteiger partial charge in [0.05, 0.1) is 31.0 Å². The summed E-state index contributed by atoms with van der Waals surface area (Å²) in [7, 11) is 0. The van der Waals surface area contributed by atoms with Crippen molar-refractivity contribution in [1.29, 1.82) is 0 Å². The number of hydrogen-bond acceptors (Lipinski definition) is 5. The topological polar surface area (TPSA) is 72.8 Å². The van der Waals surface area contributed by atoms with Crippen LogP contribution in [0.4, 0.5) is 0 Å². The molecule has 2 aliphatic heterocycles. The van der Waals surface area contributed by atoms with Gasteiger partial charge >= 0.3 is 5.97 Å². The van der Waals surface area contributed by atoms with E-state index < -0.39 is 17.1 Å². The number of ketones is 1. The predicted molar refractivity (Wildman–Crippen MR) is 124 cm³/mol. The Morgan fingerprint density at radius 1 is 1.30 bits per heavy atom. The van der Waals surface area contributed by atoms with Crippen LogP contribution in [-0.2, 0) is 15.0 Å². The minimum Gasteiger partial charge on any atom is -0.477 e. The SMILES string of the molecule is CC[N@+]1(CC2CC2)CC[C@]23c4c(C)ccc(OC(=O)C(C)C)c4O[C@H]2C(=O)CC[C@@]3(O)[C@H]1C. The average Bonchev–Trinajstić information content (AvgIpc) is 3.52. The third-order valence-electron chi connectivity index (χ3n) is 9.37. The van der Waals surface area contributed by atoms with Crippen LogP contribution in [0.3, 0.4) is 0 Å². The fraction of sp³-hybridized carbons (Fsp3) is 0.704. The van der Waals surface area contributed by atoms with E-state index in [0.29, 0.717) is 30.8 Å². The van der Waals surface area contributed by atoms with Gasteiger partial charge < -0.3 is 19.1 Å². The number of likely N-dealkylation sites (tertiary alicyclic amines) is 1. The Hall–Kier alpha value is -1.92. The van der Waals surface area contributed by atoms with E-state index in [1.54, 1.807) is 19.9 Å². The molecule has 2 heterocycles. The summed E-state index contributed by atoms with van der Waals surface area (Å²) < 4.78 is 13.0. The van der Waals surface area contributed by atoms with E-state index in [1.807, 2.05) is 13.0 Å². The summed E-state index contributed by atoms with van der Waals surface area (Å²) in [6.45, 7) is 13.0. The molecule has 1 aromatic rings. The second-order valence-corrected chi connectivity index (χ2v) is 11.3. The molecule has 2 aliphatic carbocycles. The summed E-state index contributed by atoms with van der Waals surface area (Å²) >= 11 is 0. The van der Waals surface area contributed by atoms with E-state index >= 15 is 0 Å². The molecular weight excluding hydrogens is 418 g/mol. The number of ether oxygens (including phenoxy) is 2. The molecule has 1 saturated heterocycles. The molecule has 1 N–H and O–H groups in total. The fourth-order valence-electron chi connectivity index (χ4n) is 7.17. The standard InChI is InChI=1S/C27H38NO5/c1-6-28(15-19-8-9-19)14-13-26-22-17(4)7-10-21(32-25(30)16(2)3)23(22)33-24(26)20(29)11-12-27(26,31)18(28)5/h7,10,16,18-19,24,31H,6,8-9,11-15H2,1-5H3/q+1/t18-,24+,26+,27-,28-/m1/s1. The molecule has 1 spiro atoms. The number of fused-ring (bicyclic) bond motifs is 1. The number of piperidine rings is 1. The van der Waals surface area contributed by atoms with Crippen molar-refractivity contribution in [3.05, 3.63) is 23.3 Å². The highest BCUT2D eigenvalue weighted by Gasteiger charge is 2.74. The lowest BCUT2D eigenvalue weighted by Crippen LogP contribution is -2.79. The van der Waals surface area contributed by atoms with E-state index in [-0.39, 0.29) is 23.7 Å². The zero-order valence-electron chi connectivity index (χ0n) is 20.6. The van der Waals surface area contributed by atoms with E-state index in [1.165, 1.54) is 12.8 Å². The van der Waals surface area contributed by atoms with Crippen LogP contribution in [0.5, 0.6) is 11.5 Å². The number of hydrogen-bond donors (Lipinski definition) is 1. The molecule has 5 rings (SSSR count). The molecule has 0 bridgehead atoms. The molecule has 1 aromatic carbocycles. The second-order valence-electron chi connectivity index (χ2n) is 11.3. The third kappa shape index (κ3) is 3.06. The maximum absolute atomic E-state index is 13.3. The van der Waals surface area contributed by atoms with Crippen molar-refractivity contribution in [3.63, 3.8) is 0 Å². The van der Waals surface area contributed by atoms with Crippen LogP contribution >= 0.6 is 0 Å². The number of rotatable bonds is 5. The number of aryl methyl sites for hydroxylation is 1. The molecule has 5 atom stereocenters. The molecule has 180 valence electrons. The largest absolute Gasteiger partial charge is 0.477 e. The summed E-state index contributed by atoms with van der Waals surface area (Å²) in [5, 5.41) is 12.6. The lowest BCUT2D eigenvalue weighted by Gasteiger charge is -2.62. The molecule has 6 nitrogen and oxygen atoms in total. The number of carbonyl (C=O) groups is 2. The number of Topliss-reactive ketones (excluding diaryl/α,β-unsaturated/α-hetero) is 1. The van der Waals surface area contributed by atoms with Gasteiger partial charge in [-0.2, -0.15) is 0 Å². The predicted octanol–water partition coefficient (Wildman–Crippen LogP) is 3.69. The molecule has 2 saturated carbocycles. The molecule has 33 heavy (non-hydrogen) atoms. The zero-order valence-corrected chi connectivity index (χ0v) is 20.6. The van der Waals surface area contributed by atoms with Crippen molar-refractivity contribution in [3.8, 4) is 11.5 Å². The van der Waals surface area contributed by atoms with Crippen molar-refractivity contribution < 1.29 is 28.7 Å². The second kappa shape index (κ2) is 7.54. The smallest absolute Gasteiger partial charge is 0.313 e. The zero-order chi connectivity index (χ0) is 23.8. The van der Waals surface area contributed by atoms with Gasteiger partial charge in [-0.15, -0.1) is 0 Å². The van der Waals surface area contributed by atoms with Gasteiger partial charge in [0.25, 0.3) is 0 Å². The molecule has 0 unspecified atom stereocenters. The van der Waals surface area contributed by atoms with Crippen molar-refractivity contribution in [2.24, 2.45) is 11.8 Å². The van der Waals surface area contributed by atoms with E-state index in [2.05, 4.69) is 13.8 Å². The summed E-state index contributed by atoms with van der Waals surface area (Å²) in [4.78, 5) is 25.7. The molecule has 0 amide bonds.